The Morgan fingerprint density at radius 2 is 2.16 bits per heavy atom. The summed E-state index contributed by atoms with van der Waals surface area (Å²) in [6.45, 7) is 6.05. The number of rotatable bonds is 5. The Bertz CT molecular complexity index is 728. The van der Waals surface area contributed by atoms with E-state index in [0.717, 1.165) is 11.9 Å². The van der Waals surface area contributed by atoms with Crippen LogP contribution in [0.1, 0.15) is 49.2 Å². The molecular weight excluding hydrogens is 342 g/mol. The van der Waals surface area contributed by atoms with Gasteiger partial charge in [-0.2, -0.15) is 0 Å². The highest BCUT2D eigenvalue weighted by atomic mass is 35.5. The van der Waals surface area contributed by atoms with Crippen LogP contribution in [0, 0.1) is 0 Å². The zero-order valence-corrected chi connectivity index (χ0v) is 15.8. The number of halogens is 1. The van der Waals surface area contributed by atoms with Crippen LogP contribution < -0.4 is 17.1 Å². The molecule has 0 amide bonds. The second-order valence-corrected chi connectivity index (χ2v) is 6.30. The first-order valence-corrected chi connectivity index (χ1v) is 8.64. The Labute approximate surface area is 154 Å². The molecule has 1 atom stereocenters. The predicted molar refractivity (Wildman–Crippen MR) is 92.4 cm³/mol. The minimum absolute atomic E-state index is 0. The summed E-state index contributed by atoms with van der Waals surface area (Å²) < 4.78 is 16.6. The molecule has 1 unspecified atom stereocenters. The van der Waals surface area contributed by atoms with Crippen molar-refractivity contribution in [3.63, 3.8) is 0 Å². The molecule has 1 aliphatic rings. The van der Waals surface area contributed by atoms with Crippen LogP contribution in [0.4, 0.5) is 0 Å². The molecule has 2 heterocycles. The molecule has 1 aromatic heterocycles. The molecule has 1 fully saturated rings. The van der Waals surface area contributed by atoms with Gasteiger partial charge < -0.3 is 26.3 Å². The van der Waals surface area contributed by atoms with Gasteiger partial charge in [0, 0.05) is 11.4 Å². The molecule has 5 nitrogen and oxygen atoms in total. The molecular formula is C19H25ClNO4-. The van der Waals surface area contributed by atoms with Gasteiger partial charge in [-0.3, -0.25) is 4.90 Å². The van der Waals surface area contributed by atoms with Crippen molar-refractivity contribution < 1.29 is 31.1 Å². The number of carbonyl (C=O) groups excluding carboxylic acids is 1. The molecule has 0 saturated carbocycles. The fourth-order valence-corrected chi connectivity index (χ4v) is 3.37. The number of furan rings is 1. The molecule has 1 saturated heterocycles. The van der Waals surface area contributed by atoms with Gasteiger partial charge in [-0.1, -0.05) is 6.42 Å². The highest BCUT2D eigenvalue weighted by Crippen LogP contribution is 2.32. The molecule has 2 aromatic rings. The van der Waals surface area contributed by atoms with Crippen LogP contribution in [-0.4, -0.2) is 37.2 Å². The van der Waals surface area contributed by atoms with Crippen molar-refractivity contribution in [3.05, 3.63) is 29.5 Å². The van der Waals surface area contributed by atoms with Crippen molar-refractivity contribution in [1.29, 1.82) is 0 Å². The van der Waals surface area contributed by atoms with Crippen LogP contribution in [-0.2, 0) is 11.3 Å². The maximum atomic E-state index is 12.5. The van der Waals surface area contributed by atoms with Crippen molar-refractivity contribution in [3.8, 4) is 5.75 Å². The molecule has 0 radical (unpaired) electrons. The summed E-state index contributed by atoms with van der Waals surface area (Å²) in [7, 11) is 1.61. The quantitative estimate of drug-likeness (QED) is 0.739. The third kappa shape index (κ3) is 4.10. The van der Waals surface area contributed by atoms with Gasteiger partial charge in [0.2, 0.25) is 0 Å². The van der Waals surface area contributed by atoms with E-state index in [2.05, 4.69) is 11.8 Å². The molecule has 0 spiro atoms. The Balaban J connectivity index is 0.00000225. The van der Waals surface area contributed by atoms with E-state index in [1.165, 1.54) is 19.3 Å². The van der Waals surface area contributed by atoms with Gasteiger partial charge in [0.15, 0.2) is 0 Å². The van der Waals surface area contributed by atoms with Crippen molar-refractivity contribution in [2.75, 3.05) is 20.3 Å². The van der Waals surface area contributed by atoms with Crippen LogP contribution in [0.3, 0.4) is 0 Å². The molecule has 0 aliphatic carbocycles. The van der Waals surface area contributed by atoms with Crippen LogP contribution in [0.25, 0.3) is 11.0 Å². The lowest BCUT2D eigenvalue weighted by Gasteiger charge is -2.32. The van der Waals surface area contributed by atoms with Gasteiger partial charge in [0.05, 0.1) is 20.3 Å². The normalized spacial score (nSPS) is 18.0. The van der Waals surface area contributed by atoms with Crippen molar-refractivity contribution in [1.82, 2.24) is 4.90 Å². The molecule has 0 N–H and O–H groups in total. The van der Waals surface area contributed by atoms with Crippen LogP contribution >= 0.6 is 0 Å². The number of hydrogen-bond acceptors (Lipinski definition) is 5. The van der Waals surface area contributed by atoms with E-state index in [-0.39, 0.29) is 18.4 Å². The summed E-state index contributed by atoms with van der Waals surface area (Å²) in [5.41, 5.74) is 1.22. The number of nitrogens with zero attached hydrogens (tertiary/aromatic N) is 1. The van der Waals surface area contributed by atoms with Crippen LogP contribution in [0.5, 0.6) is 5.75 Å². The number of fused-ring (bicyclic) bond motifs is 1. The van der Waals surface area contributed by atoms with Gasteiger partial charge in [-0.05, 0) is 51.4 Å². The molecule has 3 rings (SSSR count). The standard InChI is InChI=1S/C19H25NO4.ClH/c1-4-23-19(21)18-15-11-14(22-3)8-9-16(15)24-17(18)12-20-10-6-5-7-13(20)2;/h8-9,11,13H,4-7,10,12H2,1-3H3;1H/p-1. The molecule has 0 bridgehead atoms. The van der Waals surface area contributed by atoms with Gasteiger partial charge in [0.25, 0.3) is 0 Å². The Morgan fingerprint density at radius 3 is 2.84 bits per heavy atom. The highest BCUT2D eigenvalue weighted by molar-refractivity contribution is 6.05. The van der Waals surface area contributed by atoms with Gasteiger partial charge in [-0.15, -0.1) is 0 Å². The first kappa shape index (κ1) is 19.6. The van der Waals surface area contributed by atoms with E-state index in [9.17, 15) is 4.79 Å². The predicted octanol–water partition coefficient (Wildman–Crippen LogP) is 0.996. The zero-order valence-electron chi connectivity index (χ0n) is 15.0. The first-order chi connectivity index (χ1) is 11.6. The van der Waals surface area contributed by atoms with Gasteiger partial charge >= 0.3 is 5.97 Å². The number of carbonyl (C=O) groups is 1. The highest BCUT2D eigenvalue weighted by Gasteiger charge is 2.26. The Morgan fingerprint density at radius 1 is 1.36 bits per heavy atom. The molecule has 6 heteroatoms. The van der Waals surface area contributed by atoms with Crippen LogP contribution in [0.2, 0.25) is 0 Å². The number of hydrogen-bond donors (Lipinski definition) is 0. The van der Waals surface area contributed by atoms with Crippen LogP contribution in [0.15, 0.2) is 22.6 Å². The smallest absolute Gasteiger partial charge is 0.342 e. The molecule has 1 aromatic carbocycles. The Kier molecular flexibility index (Phi) is 6.73. The number of methoxy groups -OCH3 is 1. The number of piperidine rings is 1. The molecule has 138 valence electrons. The van der Waals surface area contributed by atoms with Gasteiger partial charge in [-0.25, -0.2) is 4.79 Å². The number of ether oxygens (including phenoxy) is 2. The first-order valence-electron chi connectivity index (χ1n) is 8.64. The lowest BCUT2D eigenvalue weighted by molar-refractivity contribution is -0.0000246. The van der Waals surface area contributed by atoms with Gasteiger partial charge in [0.1, 0.15) is 22.7 Å². The fourth-order valence-electron chi connectivity index (χ4n) is 3.37. The third-order valence-corrected chi connectivity index (χ3v) is 4.73. The van der Waals surface area contributed by atoms with Crippen molar-refractivity contribution >= 4 is 16.9 Å². The monoisotopic (exact) mass is 366 g/mol. The summed E-state index contributed by atoms with van der Waals surface area (Å²) in [6.07, 6.45) is 3.63. The largest absolute Gasteiger partial charge is 1.00 e. The van der Waals surface area contributed by atoms with E-state index in [1.54, 1.807) is 7.11 Å². The average Bonchev–Trinajstić information content (AvgIpc) is 2.94. The maximum Gasteiger partial charge on any atom is 0.342 e. The number of likely N-dealkylation sites (tertiary alicyclic amines) is 1. The van der Waals surface area contributed by atoms with E-state index < -0.39 is 0 Å². The number of benzene rings is 1. The third-order valence-electron chi connectivity index (χ3n) is 4.73. The summed E-state index contributed by atoms with van der Waals surface area (Å²) in [6, 6.07) is 6.03. The SMILES string of the molecule is CCOC(=O)c1c(CN2CCCCC2C)oc2ccc(OC)cc12.[Cl-]. The van der Waals surface area contributed by atoms with Crippen molar-refractivity contribution in [2.45, 2.75) is 45.7 Å². The summed E-state index contributed by atoms with van der Waals surface area (Å²) in [5.74, 6) is 1.06. The molecule has 1 aliphatic heterocycles. The summed E-state index contributed by atoms with van der Waals surface area (Å²) in [4.78, 5) is 14.9. The lowest BCUT2D eigenvalue weighted by Crippen LogP contribution is -3.00. The lowest BCUT2D eigenvalue weighted by atomic mass is 10.0. The van der Waals surface area contributed by atoms with E-state index >= 15 is 0 Å². The Hall–Kier alpha value is -1.72. The minimum atomic E-state index is -0.329. The minimum Gasteiger partial charge on any atom is -1.00 e. The zero-order chi connectivity index (χ0) is 17.1. The second-order valence-electron chi connectivity index (χ2n) is 6.30. The summed E-state index contributed by atoms with van der Waals surface area (Å²) >= 11 is 0. The van der Waals surface area contributed by atoms with E-state index in [4.69, 9.17) is 13.9 Å². The fraction of sp³-hybridized carbons (Fsp3) is 0.526. The van der Waals surface area contributed by atoms with E-state index in [0.29, 0.717) is 41.8 Å². The average molecular weight is 367 g/mol. The number of esters is 1. The second kappa shape index (κ2) is 8.59. The van der Waals surface area contributed by atoms with E-state index in [1.807, 2.05) is 25.1 Å². The summed E-state index contributed by atoms with van der Waals surface area (Å²) in [5, 5.41) is 0.757. The molecule has 25 heavy (non-hydrogen) atoms. The maximum absolute atomic E-state index is 12.5. The van der Waals surface area contributed by atoms with Crippen molar-refractivity contribution in [2.24, 2.45) is 0 Å². The topological polar surface area (TPSA) is 51.9 Å².